The predicted octanol–water partition coefficient (Wildman–Crippen LogP) is 3.21. The molecular formula is C27H35F3N6O3. The zero-order chi connectivity index (χ0) is 27.7. The van der Waals surface area contributed by atoms with Crippen molar-refractivity contribution >= 4 is 23.4 Å². The number of anilines is 3. The summed E-state index contributed by atoms with van der Waals surface area (Å²) in [6.45, 7) is 5.87. The number of alkyl halides is 3. The number of aromatic nitrogens is 1. The Labute approximate surface area is 225 Å². The second kappa shape index (κ2) is 11.2. The molecule has 1 aromatic carbocycles. The highest BCUT2D eigenvalue weighted by atomic mass is 19.4. The number of β-amino-alcohol motifs (C(OH)–C–C–N with tert-alkyl or cyclic N) is 1. The maximum atomic E-state index is 12.9. The van der Waals surface area contributed by atoms with Gasteiger partial charge in [-0.1, -0.05) is 6.07 Å². The molecule has 5 rings (SSSR count). The Morgan fingerprint density at radius 3 is 2.49 bits per heavy atom. The lowest BCUT2D eigenvalue weighted by Crippen LogP contribution is -2.37. The van der Waals surface area contributed by atoms with Gasteiger partial charge < -0.3 is 35.6 Å². The van der Waals surface area contributed by atoms with E-state index in [9.17, 15) is 23.1 Å². The minimum Gasteiger partial charge on any atom is -0.390 e. The Hall–Kier alpha value is -3.09. The number of carbonyl (C=O) groups excluding carboxylic acids is 1. The predicted molar refractivity (Wildman–Crippen MR) is 143 cm³/mol. The van der Waals surface area contributed by atoms with Gasteiger partial charge in [-0.3, -0.25) is 0 Å². The van der Waals surface area contributed by atoms with Gasteiger partial charge in [0.1, 0.15) is 11.6 Å². The first kappa shape index (κ1) is 27.5. The molecule has 9 nitrogen and oxygen atoms in total. The Balaban J connectivity index is 1.39. The molecular weight excluding hydrogens is 513 g/mol. The fourth-order valence-corrected chi connectivity index (χ4v) is 5.50. The van der Waals surface area contributed by atoms with E-state index in [4.69, 9.17) is 15.5 Å². The lowest BCUT2D eigenvalue weighted by molar-refractivity contribution is -0.143. The number of halogens is 3. The number of hydrogen-bond donors (Lipinski definition) is 3. The van der Waals surface area contributed by atoms with E-state index in [0.29, 0.717) is 63.9 Å². The van der Waals surface area contributed by atoms with Crippen molar-refractivity contribution < 1.29 is 27.8 Å². The maximum absolute atomic E-state index is 12.9. The molecule has 0 bridgehead atoms. The molecule has 0 aliphatic carbocycles. The number of nitrogens with zero attached hydrogens (tertiary/aromatic N) is 4. The zero-order valence-electron chi connectivity index (χ0n) is 22.0. The number of rotatable bonds is 5. The number of nitrogens with two attached hydrogens (primary N) is 1. The average Bonchev–Trinajstić information content (AvgIpc) is 3.50. The third-order valence-electron chi connectivity index (χ3n) is 7.68. The Kier molecular flexibility index (Phi) is 7.88. The van der Waals surface area contributed by atoms with Crippen LogP contribution in [0.4, 0.5) is 35.3 Å². The number of morpholine rings is 1. The number of aliphatic hydroxyl groups excluding tert-OH is 1. The van der Waals surface area contributed by atoms with Crippen LogP contribution in [-0.2, 0) is 4.74 Å². The Bertz CT molecular complexity index is 1180. The number of benzene rings is 1. The number of ether oxygens (including phenoxy) is 1. The first-order valence-corrected chi connectivity index (χ1v) is 13.3. The summed E-state index contributed by atoms with van der Waals surface area (Å²) in [6, 6.07) is 8.79. The second-order valence-corrected chi connectivity index (χ2v) is 10.7. The summed E-state index contributed by atoms with van der Waals surface area (Å²) in [5.74, 6) is 0.931. The molecule has 39 heavy (non-hydrogen) atoms. The largest absolute Gasteiger partial charge is 0.390 e. The molecule has 4 N–H and O–H groups in total. The number of likely N-dealkylation sites (tertiary alicyclic amines) is 1. The molecule has 3 fully saturated rings. The van der Waals surface area contributed by atoms with Gasteiger partial charge in [-0.25, -0.2) is 9.78 Å². The normalized spacial score (nSPS) is 23.9. The van der Waals surface area contributed by atoms with E-state index in [0.717, 1.165) is 22.5 Å². The van der Waals surface area contributed by atoms with Crippen molar-refractivity contribution in [3.05, 3.63) is 35.9 Å². The van der Waals surface area contributed by atoms with E-state index in [1.54, 1.807) is 6.07 Å². The maximum Gasteiger partial charge on any atom is 0.389 e. The smallest absolute Gasteiger partial charge is 0.389 e. The summed E-state index contributed by atoms with van der Waals surface area (Å²) < 4.78 is 43.9. The number of pyridine rings is 1. The van der Waals surface area contributed by atoms with Crippen molar-refractivity contribution in [1.29, 1.82) is 0 Å². The average molecular weight is 549 g/mol. The standard InChI is InChI=1S/C27H35F3N6O3/c1-17-2-3-20(32-26(38)35-5-4-18(14-35)13-27(28,29)30)12-21(17)19-10-24(34-6-8-39-9-7-34)33-25(11-19)36-15-22(31)23(37)16-36/h2-3,10-12,18,22-23,37H,4-9,13-16,31H2,1H3,(H,32,38)/t18-,22-,23-/m0/s1. The van der Waals surface area contributed by atoms with Gasteiger partial charge in [-0.05, 0) is 60.2 Å². The number of hydrogen-bond acceptors (Lipinski definition) is 7. The van der Waals surface area contributed by atoms with Crippen molar-refractivity contribution in [2.45, 2.75) is 38.1 Å². The lowest BCUT2D eigenvalue weighted by atomic mass is 10.00. The molecule has 0 saturated carbocycles. The van der Waals surface area contributed by atoms with Crippen LogP contribution in [0.25, 0.3) is 11.1 Å². The third-order valence-corrected chi connectivity index (χ3v) is 7.68. The number of aliphatic hydroxyl groups is 1. The van der Waals surface area contributed by atoms with Crippen molar-refractivity contribution in [1.82, 2.24) is 9.88 Å². The Morgan fingerprint density at radius 1 is 1.10 bits per heavy atom. The van der Waals surface area contributed by atoms with E-state index in [1.807, 2.05) is 36.1 Å². The summed E-state index contributed by atoms with van der Waals surface area (Å²) >= 11 is 0. The fraction of sp³-hybridized carbons (Fsp3) is 0.556. The van der Waals surface area contributed by atoms with Gasteiger partial charge in [0.25, 0.3) is 0 Å². The highest BCUT2D eigenvalue weighted by Gasteiger charge is 2.36. The second-order valence-electron chi connectivity index (χ2n) is 10.7. The SMILES string of the molecule is Cc1ccc(NC(=O)N2CC[C@@H](CC(F)(F)F)C2)cc1-c1cc(N2CCOCC2)nc(N2C[C@H](N)[C@@H](O)C2)c1. The molecule has 212 valence electrons. The number of nitrogens with one attached hydrogen (secondary N) is 1. The van der Waals surface area contributed by atoms with Crippen LogP contribution in [0.5, 0.6) is 0 Å². The van der Waals surface area contributed by atoms with Crippen LogP contribution >= 0.6 is 0 Å². The first-order chi connectivity index (χ1) is 18.6. The molecule has 3 atom stereocenters. The summed E-state index contributed by atoms with van der Waals surface area (Å²) in [4.78, 5) is 23.3. The molecule has 0 unspecified atom stereocenters. The molecule has 2 amide bonds. The van der Waals surface area contributed by atoms with E-state index >= 15 is 0 Å². The van der Waals surface area contributed by atoms with Gasteiger partial charge in [0.15, 0.2) is 0 Å². The van der Waals surface area contributed by atoms with Crippen LogP contribution in [0.1, 0.15) is 18.4 Å². The molecule has 4 heterocycles. The van der Waals surface area contributed by atoms with Gasteiger partial charge in [-0.15, -0.1) is 0 Å². The summed E-state index contributed by atoms with van der Waals surface area (Å²) in [5.41, 5.74) is 9.41. The Morgan fingerprint density at radius 2 is 1.82 bits per heavy atom. The van der Waals surface area contributed by atoms with Gasteiger partial charge in [0.05, 0.1) is 19.3 Å². The zero-order valence-corrected chi connectivity index (χ0v) is 22.0. The lowest BCUT2D eigenvalue weighted by Gasteiger charge is -2.29. The summed E-state index contributed by atoms with van der Waals surface area (Å²) in [7, 11) is 0. The molecule has 12 heteroatoms. The molecule has 0 spiro atoms. The minimum absolute atomic E-state index is 0.0878. The first-order valence-electron chi connectivity index (χ1n) is 13.3. The van der Waals surface area contributed by atoms with Crippen LogP contribution in [-0.4, -0.2) is 91.8 Å². The van der Waals surface area contributed by atoms with Gasteiger partial charge >= 0.3 is 12.2 Å². The van der Waals surface area contributed by atoms with Gasteiger partial charge in [0.2, 0.25) is 0 Å². The molecule has 3 aliphatic heterocycles. The molecule has 1 aromatic heterocycles. The fourth-order valence-electron chi connectivity index (χ4n) is 5.50. The topological polar surface area (TPSA) is 107 Å². The van der Waals surface area contributed by atoms with Gasteiger partial charge in [0, 0.05) is 57.4 Å². The number of urea groups is 1. The quantitative estimate of drug-likeness (QED) is 0.527. The van der Waals surface area contributed by atoms with E-state index in [-0.39, 0.29) is 12.6 Å². The van der Waals surface area contributed by atoms with Crippen LogP contribution in [0.3, 0.4) is 0 Å². The van der Waals surface area contributed by atoms with Crippen LogP contribution in [0, 0.1) is 12.8 Å². The highest BCUT2D eigenvalue weighted by Crippen LogP contribution is 2.34. The van der Waals surface area contributed by atoms with Crippen molar-refractivity contribution in [2.24, 2.45) is 11.7 Å². The van der Waals surface area contributed by atoms with E-state index in [2.05, 4.69) is 10.2 Å². The summed E-state index contributed by atoms with van der Waals surface area (Å²) in [6.07, 6.45) is -5.40. The van der Waals surface area contributed by atoms with Crippen LogP contribution < -0.4 is 20.9 Å². The summed E-state index contributed by atoms with van der Waals surface area (Å²) in [5, 5.41) is 13.1. The monoisotopic (exact) mass is 548 g/mol. The number of amides is 2. The molecule has 3 aliphatic rings. The minimum atomic E-state index is -4.23. The number of carbonyl (C=O) groups is 1. The van der Waals surface area contributed by atoms with E-state index in [1.165, 1.54) is 4.90 Å². The number of aryl methyl sites for hydroxylation is 1. The molecule has 0 radical (unpaired) electrons. The van der Waals surface area contributed by atoms with Crippen LogP contribution in [0.15, 0.2) is 30.3 Å². The third kappa shape index (κ3) is 6.56. The van der Waals surface area contributed by atoms with Crippen LogP contribution in [0.2, 0.25) is 0 Å². The van der Waals surface area contributed by atoms with Crippen molar-refractivity contribution in [3.63, 3.8) is 0 Å². The van der Waals surface area contributed by atoms with Gasteiger partial charge in [-0.2, -0.15) is 13.2 Å². The molecule has 2 aromatic rings. The van der Waals surface area contributed by atoms with E-state index < -0.39 is 30.7 Å². The highest BCUT2D eigenvalue weighted by molar-refractivity contribution is 5.91. The van der Waals surface area contributed by atoms with Crippen molar-refractivity contribution in [2.75, 3.05) is 67.6 Å². The van der Waals surface area contributed by atoms with Crippen molar-refractivity contribution in [3.8, 4) is 11.1 Å². The molecule has 3 saturated heterocycles.